The van der Waals surface area contributed by atoms with Gasteiger partial charge in [0.1, 0.15) is 0 Å². The Labute approximate surface area is 114 Å². The third kappa shape index (κ3) is 5.89. The number of aliphatic hydroxyl groups is 1. The van der Waals surface area contributed by atoms with E-state index in [2.05, 4.69) is 0 Å². The summed E-state index contributed by atoms with van der Waals surface area (Å²) in [6.45, 7) is 1.94. The average molecular weight is 288 g/mol. The Kier molecular flexibility index (Phi) is 6.75. The van der Waals surface area contributed by atoms with Crippen molar-refractivity contribution in [3.8, 4) is 0 Å². The van der Waals surface area contributed by atoms with Crippen LogP contribution >= 0.6 is 11.8 Å². The molecule has 0 heterocycles. The molecule has 0 amide bonds. The fourth-order valence-electron chi connectivity index (χ4n) is 1.53. The highest BCUT2D eigenvalue weighted by atomic mass is 32.2. The Hall–Kier alpha value is -0.520. The molecular weight excluding hydrogens is 268 g/mol. The van der Waals surface area contributed by atoms with Crippen molar-refractivity contribution in [1.82, 2.24) is 0 Å². The first-order valence-electron chi connectivity index (χ1n) is 6.04. The highest BCUT2D eigenvalue weighted by Crippen LogP contribution is 2.14. The summed E-state index contributed by atoms with van der Waals surface area (Å²) in [6.07, 6.45) is 0.690. The van der Waals surface area contributed by atoms with Crippen LogP contribution in [0.1, 0.15) is 24.5 Å². The van der Waals surface area contributed by atoms with Gasteiger partial charge in [-0.05, 0) is 17.5 Å². The molecule has 1 N–H and O–H groups in total. The van der Waals surface area contributed by atoms with Crippen LogP contribution in [0, 0.1) is 0 Å². The number of aliphatic hydroxyl groups excluding tert-OH is 1. The van der Waals surface area contributed by atoms with Crippen LogP contribution in [0.4, 0.5) is 0 Å². The minimum absolute atomic E-state index is 0.0582. The summed E-state index contributed by atoms with van der Waals surface area (Å²) in [5.41, 5.74) is 2.05. The van der Waals surface area contributed by atoms with Crippen LogP contribution in [-0.4, -0.2) is 30.8 Å². The molecule has 1 aromatic carbocycles. The minimum Gasteiger partial charge on any atom is -0.392 e. The fraction of sp³-hybridized carbons (Fsp3) is 0.538. The van der Waals surface area contributed by atoms with Crippen molar-refractivity contribution in [2.75, 3.05) is 17.3 Å². The predicted octanol–water partition coefficient (Wildman–Crippen LogP) is 2.24. The summed E-state index contributed by atoms with van der Waals surface area (Å²) >= 11 is 1.63. The Balaban J connectivity index is 2.29. The zero-order valence-corrected chi connectivity index (χ0v) is 12.3. The quantitative estimate of drug-likeness (QED) is 0.745. The van der Waals surface area contributed by atoms with E-state index in [4.69, 9.17) is 5.11 Å². The number of rotatable bonds is 8. The van der Waals surface area contributed by atoms with Gasteiger partial charge in [0, 0.05) is 17.3 Å². The molecule has 0 saturated heterocycles. The van der Waals surface area contributed by atoms with Gasteiger partial charge in [-0.2, -0.15) is 11.8 Å². The SMILES string of the molecule is CCCS(=O)(=O)CCSCc1ccc(CO)cc1. The normalized spacial score (nSPS) is 11.7. The first-order valence-corrected chi connectivity index (χ1v) is 9.02. The second-order valence-electron chi connectivity index (χ2n) is 4.18. The molecule has 0 fully saturated rings. The lowest BCUT2D eigenvalue weighted by molar-refractivity contribution is 0.282. The van der Waals surface area contributed by atoms with E-state index in [0.717, 1.165) is 16.9 Å². The van der Waals surface area contributed by atoms with E-state index < -0.39 is 9.84 Å². The largest absolute Gasteiger partial charge is 0.392 e. The van der Waals surface area contributed by atoms with Crippen molar-refractivity contribution in [3.05, 3.63) is 35.4 Å². The molecule has 0 aromatic heterocycles. The Bertz CT molecular complexity index is 438. The Morgan fingerprint density at radius 1 is 1.11 bits per heavy atom. The molecule has 0 spiro atoms. The summed E-state index contributed by atoms with van der Waals surface area (Å²) < 4.78 is 23.0. The van der Waals surface area contributed by atoms with Crippen LogP contribution in [0.5, 0.6) is 0 Å². The van der Waals surface area contributed by atoms with E-state index in [0.29, 0.717) is 17.9 Å². The fourth-order valence-corrected chi connectivity index (χ4v) is 4.42. The third-order valence-corrected chi connectivity index (χ3v) is 5.67. The monoisotopic (exact) mass is 288 g/mol. The lowest BCUT2D eigenvalue weighted by Crippen LogP contribution is -2.12. The highest BCUT2D eigenvalue weighted by Gasteiger charge is 2.08. The van der Waals surface area contributed by atoms with Gasteiger partial charge in [0.05, 0.1) is 12.4 Å². The van der Waals surface area contributed by atoms with E-state index in [1.54, 1.807) is 11.8 Å². The van der Waals surface area contributed by atoms with E-state index in [1.807, 2.05) is 31.2 Å². The molecule has 0 saturated carbocycles. The molecule has 1 aromatic rings. The molecule has 0 radical (unpaired) electrons. The lowest BCUT2D eigenvalue weighted by Gasteiger charge is -2.04. The molecule has 1 rings (SSSR count). The van der Waals surface area contributed by atoms with Gasteiger partial charge in [-0.25, -0.2) is 8.42 Å². The number of sulfone groups is 1. The second-order valence-corrected chi connectivity index (χ2v) is 7.59. The van der Waals surface area contributed by atoms with Crippen LogP contribution in [0.25, 0.3) is 0 Å². The molecule has 3 nitrogen and oxygen atoms in total. The first kappa shape index (κ1) is 15.5. The van der Waals surface area contributed by atoms with Crippen molar-refractivity contribution >= 4 is 21.6 Å². The minimum atomic E-state index is -2.85. The van der Waals surface area contributed by atoms with Gasteiger partial charge in [-0.3, -0.25) is 0 Å². The van der Waals surface area contributed by atoms with Gasteiger partial charge in [-0.1, -0.05) is 31.2 Å². The maximum atomic E-state index is 11.5. The molecule has 102 valence electrons. The van der Waals surface area contributed by atoms with E-state index >= 15 is 0 Å². The predicted molar refractivity (Wildman–Crippen MR) is 77.5 cm³/mol. The highest BCUT2D eigenvalue weighted by molar-refractivity contribution is 8.00. The van der Waals surface area contributed by atoms with Gasteiger partial charge < -0.3 is 5.11 Å². The third-order valence-electron chi connectivity index (χ3n) is 2.53. The van der Waals surface area contributed by atoms with Crippen LogP contribution in [-0.2, 0) is 22.2 Å². The number of benzene rings is 1. The van der Waals surface area contributed by atoms with Gasteiger partial charge >= 0.3 is 0 Å². The molecule has 18 heavy (non-hydrogen) atoms. The Morgan fingerprint density at radius 3 is 2.28 bits per heavy atom. The molecule has 0 unspecified atom stereocenters. The van der Waals surface area contributed by atoms with Crippen LogP contribution in [0.2, 0.25) is 0 Å². The van der Waals surface area contributed by atoms with Gasteiger partial charge in [-0.15, -0.1) is 0 Å². The summed E-state index contributed by atoms with van der Waals surface area (Å²) in [7, 11) is -2.85. The van der Waals surface area contributed by atoms with Crippen molar-refractivity contribution < 1.29 is 13.5 Å². The second kappa shape index (κ2) is 7.81. The Morgan fingerprint density at radius 2 is 1.72 bits per heavy atom. The molecule has 0 bridgehead atoms. The summed E-state index contributed by atoms with van der Waals surface area (Å²) in [5, 5.41) is 8.91. The summed E-state index contributed by atoms with van der Waals surface area (Å²) in [5.74, 6) is 2.01. The zero-order chi connectivity index (χ0) is 13.4. The van der Waals surface area contributed by atoms with E-state index in [-0.39, 0.29) is 12.4 Å². The maximum absolute atomic E-state index is 11.5. The molecule has 0 aliphatic carbocycles. The number of hydrogen-bond donors (Lipinski definition) is 1. The number of hydrogen-bond acceptors (Lipinski definition) is 4. The van der Waals surface area contributed by atoms with Crippen molar-refractivity contribution in [2.45, 2.75) is 25.7 Å². The number of thioether (sulfide) groups is 1. The maximum Gasteiger partial charge on any atom is 0.151 e. The molecular formula is C13H20O3S2. The summed E-state index contributed by atoms with van der Waals surface area (Å²) in [4.78, 5) is 0. The average Bonchev–Trinajstić information content (AvgIpc) is 2.35. The molecule has 0 aliphatic heterocycles. The van der Waals surface area contributed by atoms with Gasteiger partial charge in [0.15, 0.2) is 9.84 Å². The molecule has 0 aliphatic rings. The lowest BCUT2D eigenvalue weighted by atomic mass is 10.2. The van der Waals surface area contributed by atoms with Crippen molar-refractivity contribution in [3.63, 3.8) is 0 Å². The van der Waals surface area contributed by atoms with Crippen molar-refractivity contribution in [2.24, 2.45) is 0 Å². The van der Waals surface area contributed by atoms with Gasteiger partial charge in [0.2, 0.25) is 0 Å². The van der Waals surface area contributed by atoms with Crippen LogP contribution in [0.15, 0.2) is 24.3 Å². The van der Waals surface area contributed by atoms with Crippen molar-refractivity contribution in [1.29, 1.82) is 0 Å². The zero-order valence-electron chi connectivity index (χ0n) is 10.6. The summed E-state index contributed by atoms with van der Waals surface area (Å²) in [6, 6.07) is 7.73. The smallest absolute Gasteiger partial charge is 0.151 e. The first-order chi connectivity index (χ1) is 8.57. The topological polar surface area (TPSA) is 54.4 Å². The van der Waals surface area contributed by atoms with E-state index in [1.165, 1.54) is 0 Å². The van der Waals surface area contributed by atoms with Crippen LogP contribution < -0.4 is 0 Å². The van der Waals surface area contributed by atoms with Gasteiger partial charge in [0.25, 0.3) is 0 Å². The van der Waals surface area contributed by atoms with E-state index in [9.17, 15) is 8.42 Å². The standard InChI is InChI=1S/C13H20O3S2/c1-2-8-18(15,16)9-7-17-11-13-5-3-12(10-14)4-6-13/h3-6,14H,2,7-11H2,1H3. The molecule has 0 atom stereocenters. The van der Waals surface area contributed by atoms with Crippen LogP contribution in [0.3, 0.4) is 0 Å². The molecule has 5 heteroatoms.